The van der Waals surface area contributed by atoms with Crippen molar-refractivity contribution in [1.82, 2.24) is 6.15 Å². The van der Waals surface area contributed by atoms with Crippen molar-refractivity contribution in [2.45, 2.75) is 52.6 Å². The van der Waals surface area contributed by atoms with Crippen LogP contribution in [0.4, 0.5) is 0 Å². The van der Waals surface area contributed by atoms with Gasteiger partial charge in [0.1, 0.15) is 6.10 Å². The molecular weight excluding hydrogens is 238 g/mol. The monoisotopic (exact) mass is 262 g/mol. The number of benzene rings is 1. The van der Waals surface area contributed by atoms with Crippen LogP contribution in [0, 0.1) is 5.92 Å². The van der Waals surface area contributed by atoms with Gasteiger partial charge in [-0.2, -0.15) is 0 Å². The number of ether oxygens (including phenoxy) is 1. The van der Waals surface area contributed by atoms with Gasteiger partial charge in [-0.25, -0.2) is 4.79 Å². The Morgan fingerprint density at radius 2 is 1.79 bits per heavy atom. The van der Waals surface area contributed by atoms with E-state index < -0.39 is 0 Å². The summed E-state index contributed by atoms with van der Waals surface area (Å²) < 4.78 is 5.53. The maximum atomic E-state index is 11.9. The summed E-state index contributed by atoms with van der Waals surface area (Å²) >= 11 is 0. The average Bonchev–Trinajstić information content (AvgIpc) is 2.38. The molecule has 1 aromatic carbocycles. The van der Waals surface area contributed by atoms with Gasteiger partial charge in [0.15, 0.2) is 0 Å². The molecule has 105 valence electrons. The van der Waals surface area contributed by atoms with Crippen LogP contribution in [0.25, 0.3) is 0 Å². The van der Waals surface area contributed by atoms with Gasteiger partial charge in [-0.05, 0) is 37.3 Å². The van der Waals surface area contributed by atoms with Crippen molar-refractivity contribution in [2.75, 3.05) is 0 Å². The topological polar surface area (TPSA) is 56.8 Å². The van der Waals surface area contributed by atoms with Crippen LogP contribution in [-0.4, -0.2) is 12.1 Å². The van der Waals surface area contributed by atoms with E-state index in [1.54, 1.807) is 12.1 Å². The number of nitrogens with zero attached hydrogens (tertiary/aromatic N) is 1. The first-order valence-corrected chi connectivity index (χ1v) is 6.89. The summed E-state index contributed by atoms with van der Waals surface area (Å²) in [7, 11) is 0. The molecule has 0 saturated carbocycles. The Hall–Kier alpha value is -1.35. The van der Waals surface area contributed by atoms with Gasteiger partial charge >= 0.3 is 5.97 Å². The van der Waals surface area contributed by atoms with E-state index in [2.05, 4.69) is 20.8 Å². The second-order valence-electron chi connectivity index (χ2n) is 5.13. The van der Waals surface area contributed by atoms with E-state index in [1.807, 2.05) is 18.2 Å². The fourth-order valence-corrected chi connectivity index (χ4v) is 1.89. The molecule has 1 unspecified atom stereocenters. The maximum Gasteiger partial charge on any atom is 0.338 e. The van der Waals surface area contributed by atoms with Gasteiger partial charge in [0.25, 0.3) is 0 Å². The lowest BCUT2D eigenvalue weighted by molar-refractivity contribution is 0.0265. The Morgan fingerprint density at radius 1 is 1.16 bits per heavy atom. The van der Waals surface area contributed by atoms with Gasteiger partial charge in [0, 0.05) is 6.15 Å². The van der Waals surface area contributed by atoms with Crippen LogP contribution in [0.1, 0.15) is 56.8 Å². The van der Waals surface area contributed by atoms with Crippen LogP contribution in [0.3, 0.4) is 0 Å². The van der Waals surface area contributed by atoms with E-state index >= 15 is 0 Å². The number of carbonyl (C=O) groups excluding carboxylic acids is 1. The minimum Gasteiger partial charge on any atom is -0.459 e. The Balaban J connectivity index is 0.00000324. The quantitative estimate of drug-likeness (QED) is 0.698. The average molecular weight is 262 g/mol. The second kappa shape index (κ2) is 9.56. The Kier molecular flexibility index (Phi) is 8.88. The first kappa shape index (κ1) is 17.6. The fourth-order valence-electron chi connectivity index (χ4n) is 1.89. The Morgan fingerprint density at radius 3 is 2.32 bits per heavy atom. The number of hydrogen-bond donors (Lipinski definition) is 0. The van der Waals surface area contributed by atoms with Gasteiger partial charge in [-0.3, -0.25) is 0 Å². The molecule has 1 atom stereocenters. The molecule has 0 saturated heterocycles. The van der Waals surface area contributed by atoms with Gasteiger partial charge in [-0.15, -0.1) is 0 Å². The minimum absolute atomic E-state index is 0. The summed E-state index contributed by atoms with van der Waals surface area (Å²) in [6, 6.07) is 9.20. The zero-order valence-electron chi connectivity index (χ0n) is 12.1. The molecule has 1 rings (SSSR count). The highest BCUT2D eigenvalue weighted by Gasteiger charge is 2.13. The third-order valence-corrected chi connectivity index (χ3v) is 3.05. The predicted molar refractivity (Wildman–Crippen MR) is 76.8 cm³/mol. The summed E-state index contributed by atoms with van der Waals surface area (Å²) in [5, 5.41) is 0. The molecule has 0 bridgehead atoms. The number of hydrogen-bond acceptors (Lipinski definition) is 2. The first-order chi connectivity index (χ1) is 8.63. The van der Waals surface area contributed by atoms with E-state index in [0.29, 0.717) is 11.5 Å². The first-order valence-electron chi connectivity index (χ1n) is 6.89. The highest BCUT2D eigenvalue weighted by atomic mass is 16.5. The standard InChI is InChI=1S/C16H24O2.N/c1-4-15(12-8-9-13(2)3)18-16(17)14-10-6-5-7-11-14;/h5-7,10-11,13,15H,4,8-9,12H2,1-3H3;. The SMILES string of the molecule is CCC(CCCC(C)C)OC(=O)c1ccccc1.[N]. The zero-order valence-corrected chi connectivity index (χ0v) is 12.1. The molecule has 3 radical (unpaired) electrons. The molecule has 0 amide bonds. The highest BCUT2D eigenvalue weighted by molar-refractivity contribution is 5.89. The van der Waals surface area contributed by atoms with E-state index in [9.17, 15) is 4.79 Å². The molecule has 3 nitrogen and oxygen atoms in total. The lowest BCUT2D eigenvalue weighted by Crippen LogP contribution is -2.17. The summed E-state index contributed by atoms with van der Waals surface area (Å²) in [5.41, 5.74) is 0.639. The van der Waals surface area contributed by atoms with Crippen LogP contribution in [0.15, 0.2) is 30.3 Å². The molecule has 0 N–H and O–H groups in total. The van der Waals surface area contributed by atoms with E-state index in [1.165, 1.54) is 6.42 Å². The van der Waals surface area contributed by atoms with Crippen molar-refractivity contribution in [3.63, 3.8) is 0 Å². The van der Waals surface area contributed by atoms with Gasteiger partial charge in [-0.1, -0.05) is 45.4 Å². The Bertz CT molecular complexity index is 349. The third kappa shape index (κ3) is 6.97. The summed E-state index contributed by atoms with van der Waals surface area (Å²) in [4.78, 5) is 11.9. The smallest absolute Gasteiger partial charge is 0.338 e. The molecule has 0 aromatic heterocycles. The number of esters is 1. The largest absolute Gasteiger partial charge is 0.459 e. The van der Waals surface area contributed by atoms with Crippen molar-refractivity contribution in [1.29, 1.82) is 0 Å². The van der Waals surface area contributed by atoms with Crippen molar-refractivity contribution < 1.29 is 9.53 Å². The molecule has 0 fully saturated rings. The maximum absolute atomic E-state index is 11.9. The zero-order chi connectivity index (χ0) is 13.4. The van der Waals surface area contributed by atoms with Crippen LogP contribution < -0.4 is 6.15 Å². The van der Waals surface area contributed by atoms with E-state index in [-0.39, 0.29) is 18.2 Å². The molecule has 19 heavy (non-hydrogen) atoms. The van der Waals surface area contributed by atoms with Crippen molar-refractivity contribution in [3.05, 3.63) is 35.9 Å². The van der Waals surface area contributed by atoms with Gasteiger partial charge in [0.2, 0.25) is 0 Å². The molecule has 0 aliphatic carbocycles. The summed E-state index contributed by atoms with van der Waals surface area (Å²) in [5.74, 6) is 0.513. The summed E-state index contributed by atoms with van der Waals surface area (Å²) in [6.07, 6.45) is 4.22. The lowest BCUT2D eigenvalue weighted by Gasteiger charge is -2.16. The van der Waals surface area contributed by atoms with Crippen LogP contribution in [0.5, 0.6) is 0 Å². The molecule has 0 aliphatic heterocycles. The summed E-state index contributed by atoms with van der Waals surface area (Å²) in [6.45, 7) is 6.51. The third-order valence-electron chi connectivity index (χ3n) is 3.05. The van der Waals surface area contributed by atoms with E-state index in [4.69, 9.17) is 4.74 Å². The highest BCUT2D eigenvalue weighted by Crippen LogP contribution is 2.14. The molecule has 0 spiro atoms. The Labute approximate surface area is 116 Å². The van der Waals surface area contributed by atoms with Crippen molar-refractivity contribution in [2.24, 2.45) is 5.92 Å². The molecule has 3 heteroatoms. The molecular formula is C16H24NO2. The molecule has 0 aliphatic rings. The predicted octanol–water partition coefficient (Wildman–Crippen LogP) is 3.97. The minimum atomic E-state index is -0.202. The number of carbonyl (C=O) groups is 1. The number of rotatable bonds is 7. The molecule has 0 heterocycles. The van der Waals surface area contributed by atoms with Crippen LogP contribution >= 0.6 is 0 Å². The normalized spacial score (nSPS) is 11.8. The van der Waals surface area contributed by atoms with Gasteiger partial charge < -0.3 is 4.74 Å². The van der Waals surface area contributed by atoms with E-state index in [0.717, 1.165) is 19.3 Å². The van der Waals surface area contributed by atoms with Crippen LogP contribution in [0.2, 0.25) is 0 Å². The lowest BCUT2D eigenvalue weighted by atomic mass is 10.0. The fraction of sp³-hybridized carbons (Fsp3) is 0.562. The van der Waals surface area contributed by atoms with Gasteiger partial charge in [0.05, 0.1) is 5.56 Å². The molecule has 1 aromatic rings. The van der Waals surface area contributed by atoms with Crippen LogP contribution in [-0.2, 0) is 4.74 Å². The van der Waals surface area contributed by atoms with Crippen molar-refractivity contribution >= 4 is 5.97 Å². The van der Waals surface area contributed by atoms with Crippen molar-refractivity contribution in [3.8, 4) is 0 Å². The second-order valence-corrected chi connectivity index (χ2v) is 5.13.